The molecule has 0 aromatic carbocycles. The number of carbonyl (C=O) groups excluding carboxylic acids is 2. The average molecular weight is 252 g/mol. The van der Waals surface area contributed by atoms with E-state index in [0.717, 1.165) is 18.4 Å². The fraction of sp³-hybridized carbons (Fsp3) is 0.714. The van der Waals surface area contributed by atoms with Crippen molar-refractivity contribution in [3.63, 3.8) is 0 Å². The number of fused-ring (bicyclic) bond motifs is 1. The van der Waals surface area contributed by atoms with Gasteiger partial charge < -0.3 is 9.47 Å². The number of hydrogen-bond donors (Lipinski definition) is 0. The smallest absolute Gasteiger partial charge is 0.309 e. The monoisotopic (exact) mass is 252 g/mol. The summed E-state index contributed by atoms with van der Waals surface area (Å²) in [4.78, 5) is 22.9. The van der Waals surface area contributed by atoms with Crippen LogP contribution in [0.15, 0.2) is 11.6 Å². The predicted octanol–water partition coefficient (Wildman–Crippen LogP) is 2.08. The molecule has 0 N–H and O–H groups in total. The maximum atomic E-state index is 11.5. The van der Waals surface area contributed by atoms with Crippen LogP contribution in [0.25, 0.3) is 0 Å². The van der Waals surface area contributed by atoms with Gasteiger partial charge in [0.1, 0.15) is 6.10 Å². The molecule has 1 fully saturated rings. The average Bonchev–Trinajstić information content (AvgIpc) is 2.51. The predicted molar refractivity (Wildman–Crippen MR) is 65.6 cm³/mol. The van der Waals surface area contributed by atoms with Crippen LogP contribution >= 0.6 is 0 Å². The molecule has 2 aliphatic rings. The van der Waals surface area contributed by atoms with Gasteiger partial charge in [-0.2, -0.15) is 0 Å². The standard InChI is InChI=1S/C14H20O4/c1-8-6-12-11(9(2)14(16)18-12)5-4-10(8)7-13(15)17-3/h4,8-9,11-12H,5-7H2,1-3H3/t8-,9-,11+,12-/m0/s1. The van der Waals surface area contributed by atoms with Gasteiger partial charge in [0.2, 0.25) is 0 Å². The van der Waals surface area contributed by atoms with Crippen molar-refractivity contribution in [3.05, 3.63) is 11.6 Å². The first kappa shape index (κ1) is 13.1. The van der Waals surface area contributed by atoms with E-state index in [0.29, 0.717) is 6.42 Å². The minimum absolute atomic E-state index is 0.00824. The summed E-state index contributed by atoms with van der Waals surface area (Å²) in [6.07, 6.45) is 4.08. The van der Waals surface area contributed by atoms with E-state index in [9.17, 15) is 9.59 Å². The Kier molecular flexibility index (Phi) is 3.73. The molecule has 18 heavy (non-hydrogen) atoms. The third-order valence-corrected chi connectivity index (χ3v) is 4.21. The van der Waals surface area contributed by atoms with Crippen LogP contribution in [-0.2, 0) is 19.1 Å². The van der Waals surface area contributed by atoms with Crippen LogP contribution < -0.4 is 0 Å². The molecule has 4 nitrogen and oxygen atoms in total. The van der Waals surface area contributed by atoms with Gasteiger partial charge in [0.15, 0.2) is 0 Å². The SMILES string of the molecule is COC(=O)CC1=CC[C@H]2[C@H](C[C@@H]1C)OC(=O)[C@H]2C. The Morgan fingerprint density at radius 3 is 2.89 bits per heavy atom. The van der Waals surface area contributed by atoms with Crippen molar-refractivity contribution in [1.29, 1.82) is 0 Å². The first-order chi connectivity index (χ1) is 8.52. The van der Waals surface area contributed by atoms with Gasteiger partial charge >= 0.3 is 11.9 Å². The van der Waals surface area contributed by atoms with E-state index in [4.69, 9.17) is 9.47 Å². The van der Waals surface area contributed by atoms with Crippen LogP contribution in [0, 0.1) is 17.8 Å². The minimum atomic E-state index is -0.204. The second kappa shape index (κ2) is 5.12. The first-order valence-corrected chi connectivity index (χ1v) is 6.49. The molecule has 0 radical (unpaired) electrons. The molecule has 0 amide bonds. The van der Waals surface area contributed by atoms with E-state index in [-0.39, 0.29) is 35.8 Å². The zero-order valence-electron chi connectivity index (χ0n) is 11.1. The maximum absolute atomic E-state index is 11.5. The highest BCUT2D eigenvalue weighted by molar-refractivity contribution is 5.75. The molecule has 1 aliphatic carbocycles. The molecule has 1 aliphatic heterocycles. The zero-order chi connectivity index (χ0) is 13.3. The lowest BCUT2D eigenvalue weighted by Crippen LogP contribution is -2.19. The molecular formula is C14H20O4. The highest BCUT2D eigenvalue weighted by Crippen LogP contribution is 2.39. The summed E-state index contributed by atoms with van der Waals surface area (Å²) in [6.45, 7) is 4.00. The van der Waals surface area contributed by atoms with Crippen molar-refractivity contribution in [2.45, 2.75) is 39.2 Å². The van der Waals surface area contributed by atoms with Gasteiger partial charge in [0.05, 0.1) is 19.4 Å². The number of rotatable bonds is 2. The zero-order valence-corrected chi connectivity index (χ0v) is 11.1. The van der Waals surface area contributed by atoms with Crippen molar-refractivity contribution < 1.29 is 19.1 Å². The number of hydrogen-bond acceptors (Lipinski definition) is 4. The molecule has 1 heterocycles. The number of esters is 2. The normalized spacial score (nSPS) is 35.3. The number of allylic oxidation sites excluding steroid dienone is 1. The number of methoxy groups -OCH3 is 1. The lowest BCUT2D eigenvalue weighted by Gasteiger charge is -2.18. The Hall–Kier alpha value is -1.32. The second-order valence-electron chi connectivity index (χ2n) is 5.33. The Morgan fingerprint density at radius 1 is 1.50 bits per heavy atom. The Bertz CT molecular complexity index is 385. The fourth-order valence-electron chi connectivity index (χ4n) is 2.89. The molecule has 0 unspecified atom stereocenters. The third kappa shape index (κ3) is 2.42. The summed E-state index contributed by atoms with van der Waals surface area (Å²) < 4.78 is 10.1. The maximum Gasteiger partial charge on any atom is 0.309 e. The summed E-state index contributed by atoms with van der Waals surface area (Å²) in [5.74, 6) is 0.204. The summed E-state index contributed by atoms with van der Waals surface area (Å²) in [6, 6.07) is 0. The number of ether oxygens (including phenoxy) is 2. The van der Waals surface area contributed by atoms with Crippen LogP contribution in [0.1, 0.15) is 33.1 Å². The van der Waals surface area contributed by atoms with Crippen LogP contribution in [0.5, 0.6) is 0 Å². The van der Waals surface area contributed by atoms with Crippen molar-refractivity contribution in [1.82, 2.24) is 0 Å². The van der Waals surface area contributed by atoms with Gasteiger partial charge in [-0.05, 0) is 18.8 Å². The van der Waals surface area contributed by atoms with Crippen molar-refractivity contribution >= 4 is 11.9 Å². The Labute approximate surface area is 107 Å². The largest absolute Gasteiger partial charge is 0.469 e. The van der Waals surface area contributed by atoms with Gasteiger partial charge in [-0.1, -0.05) is 25.5 Å². The van der Waals surface area contributed by atoms with E-state index < -0.39 is 0 Å². The van der Waals surface area contributed by atoms with Gasteiger partial charge in [-0.25, -0.2) is 0 Å². The Balaban J connectivity index is 2.10. The quantitative estimate of drug-likeness (QED) is 0.558. The number of carbonyl (C=O) groups is 2. The molecule has 100 valence electrons. The molecule has 0 aromatic rings. The van der Waals surface area contributed by atoms with Crippen molar-refractivity contribution in [2.75, 3.05) is 7.11 Å². The van der Waals surface area contributed by atoms with E-state index in [1.807, 2.05) is 6.92 Å². The van der Waals surface area contributed by atoms with E-state index in [1.54, 1.807) is 0 Å². The minimum Gasteiger partial charge on any atom is -0.469 e. The van der Waals surface area contributed by atoms with Crippen molar-refractivity contribution in [2.24, 2.45) is 17.8 Å². The van der Waals surface area contributed by atoms with Gasteiger partial charge in [0.25, 0.3) is 0 Å². The van der Waals surface area contributed by atoms with E-state index >= 15 is 0 Å². The summed E-state index contributed by atoms with van der Waals surface area (Å²) >= 11 is 0. The van der Waals surface area contributed by atoms with E-state index in [2.05, 4.69) is 13.0 Å². The molecular weight excluding hydrogens is 232 g/mol. The highest BCUT2D eigenvalue weighted by atomic mass is 16.6. The molecule has 4 atom stereocenters. The lowest BCUT2D eigenvalue weighted by atomic mass is 9.87. The third-order valence-electron chi connectivity index (χ3n) is 4.21. The molecule has 1 saturated heterocycles. The van der Waals surface area contributed by atoms with Crippen molar-refractivity contribution in [3.8, 4) is 0 Å². The van der Waals surface area contributed by atoms with Gasteiger partial charge in [-0.15, -0.1) is 0 Å². The molecule has 0 saturated carbocycles. The van der Waals surface area contributed by atoms with Crippen LogP contribution in [0.2, 0.25) is 0 Å². The van der Waals surface area contributed by atoms with Gasteiger partial charge in [-0.3, -0.25) is 9.59 Å². The summed E-state index contributed by atoms with van der Waals surface area (Å²) in [5.41, 5.74) is 1.11. The van der Waals surface area contributed by atoms with Crippen LogP contribution in [0.4, 0.5) is 0 Å². The lowest BCUT2D eigenvalue weighted by molar-refractivity contribution is -0.144. The topological polar surface area (TPSA) is 52.6 Å². The van der Waals surface area contributed by atoms with Crippen LogP contribution in [-0.4, -0.2) is 25.2 Å². The summed E-state index contributed by atoms with van der Waals surface area (Å²) in [5, 5.41) is 0. The molecule has 2 rings (SSSR count). The molecule has 0 spiro atoms. The highest BCUT2D eigenvalue weighted by Gasteiger charge is 2.43. The molecule has 0 aromatic heterocycles. The van der Waals surface area contributed by atoms with Crippen LogP contribution in [0.3, 0.4) is 0 Å². The first-order valence-electron chi connectivity index (χ1n) is 6.49. The van der Waals surface area contributed by atoms with Gasteiger partial charge in [0, 0.05) is 5.92 Å². The second-order valence-corrected chi connectivity index (χ2v) is 5.33. The molecule has 4 heteroatoms. The fourth-order valence-corrected chi connectivity index (χ4v) is 2.89. The van der Waals surface area contributed by atoms with E-state index in [1.165, 1.54) is 7.11 Å². The Morgan fingerprint density at radius 2 is 2.22 bits per heavy atom. The summed E-state index contributed by atoms with van der Waals surface area (Å²) in [7, 11) is 1.41. The molecule has 0 bridgehead atoms.